The van der Waals surface area contributed by atoms with Crippen molar-refractivity contribution in [1.29, 1.82) is 0 Å². The Hall–Kier alpha value is -2.69. The molecular weight excluding hydrogens is 260 g/mol. The molecule has 0 aliphatic rings. The van der Waals surface area contributed by atoms with Crippen LogP contribution in [0.15, 0.2) is 42.5 Å². The van der Waals surface area contributed by atoms with Crippen molar-refractivity contribution in [2.24, 2.45) is 0 Å². The van der Waals surface area contributed by atoms with Crippen molar-refractivity contribution in [2.75, 3.05) is 7.11 Å². The molecule has 0 amide bonds. The number of phenols is 1. The second kappa shape index (κ2) is 5.97. The number of hydrogen-bond donors (Lipinski definition) is 2. The molecule has 0 aliphatic heterocycles. The van der Waals surface area contributed by atoms with E-state index in [-0.39, 0.29) is 17.9 Å². The Morgan fingerprint density at radius 3 is 2.35 bits per heavy atom. The normalized spacial score (nSPS) is 10.1. The van der Waals surface area contributed by atoms with E-state index in [1.165, 1.54) is 12.1 Å². The molecule has 2 N–H and O–H groups in total. The predicted octanol–water partition coefficient (Wildman–Crippen LogP) is 2.68. The highest BCUT2D eigenvalue weighted by Crippen LogP contribution is 2.21. The Morgan fingerprint density at radius 1 is 1.10 bits per heavy atom. The van der Waals surface area contributed by atoms with Gasteiger partial charge in [-0.05, 0) is 42.0 Å². The second-order valence-corrected chi connectivity index (χ2v) is 4.12. The van der Waals surface area contributed by atoms with Crippen LogP contribution in [-0.4, -0.2) is 23.3 Å². The number of rotatable bonds is 5. The van der Waals surface area contributed by atoms with Crippen molar-refractivity contribution in [1.82, 2.24) is 0 Å². The SMILES string of the molecule is COc1ccc(OCc2ccc(O)c(C(=O)O)c2)cc1. The van der Waals surface area contributed by atoms with Crippen LogP contribution in [0.1, 0.15) is 15.9 Å². The minimum atomic E-state index is -1.17. The lowest BCUT2D eigenvalue weighted by atomic mass is 10.1. The summed E-state index contributed by atoms with van der Waals surface area (Å²) in [5.74, 6) is -0.0506. The quantitative estimate of drug-likeness (QED) is 0.876. The summed E-state index contributed by atoms with van der Waals surface area (Å²) in [6.07, 6.45) is 0. The summed E-state index contributed by atoms with van der Waals surface area (Å²) in [5.41, 5.74) is 0.525. The number of benzene rings is 2. The molecule has 0 fully saturated rings. The van der Waals surface area contributed by atoms with E-state index in [0.29, 0.717) is 11.3 Å². The lowest BCUT2D eigenvalue weighted by molar-refractivity contribution is 0.0693. The van der Waals surface area contributed by atoms with Gasteiger partial charge in [-0.2, -0.15) is 0 Å². The van der Waals surface area contributed by atoms with Crippen LogP contribution in [0.4, 0.5) is 0 Å². The third kappa shape index (κ3) is 3.20. The number of methoxy groups -OCH3 is 1. The van der Waals surface area contributed by atoms with Gasteiger partial charge in [-0.25, -0.2) is 4.79 Å². The van der Waals surface area contributed by atoms with Crippen LogP contribution in [0.25, 0.3) is 0 Å². The van der Waals surface area contributed by atoms with Crippen LogP contribution in [0.5, 0.6) is 17.2 Å². The van der Waals surface area contributed by atoms with Gasteiger partial charge in [-0.3, -0.25) is 0 Å². The van der Waals surface area contributed by atoms with Crippen molar-refractivity contribution in [3.63, 3.8) is 0 Å². The van der Waals surface area contributed by atoms with Crippen molar-refractivity contribution < 1.29 is 24.5 Å². The van der Waals surface area contributed by atoms with Gasteiger partial charge in [-0.1, -0.05) is 6.07 Å². The Bertz CT molecular complexity index is 604. The second-order valence-electron chi connectivity index (χ2n) is 4.12. The fourth-order valence-electron chi connectivity index (χ4n) is 1.68. The molecule has 0 aliphatic carbocycles. The molecule has 104 valence electrons. The third-order valence-electron chi connectivity index (χ3n) is 2.76. The summed E-state index contributed by atoms with van der Waals surface area (Å²) in [4.78, 5) is 10.9. The van der Waals surface area contributed by atoms with E-state index in [9.17, 15) is 9.90 Å². The number of aromatic carboxylic acids is 1. The molecule has 0 heterocycles. The van der Waals surface area contributed by atoms with Crippen LogP contribution in [-0.2, 0) is 6.61 Å². The highest BCUT2D eigenvalue weighted by atomic mass is 16.5. The standard InChI is InChI=1S/C15H14O5/c1-19-11-3-5-12(6-4-11)20-9-10-2-7-14(16)13(8-10)15(17)18/h2-8,16H,9H2,1H3,(H,17,18). The molecule has 0 bridgehead atoms. The number of ether oxygens (including phenoxy) is 2. The summed E-state index contributed by atoms with van der Waals surface area (Å²) in [6.45, 7) is 0.215. The third-order valence-corrected chi connectivity index (χ3v) is 2.76. The molecule has 0 saturated heterocycles. The zero-order valence-electron chi connectivity index (χ0n) is 10.9. The average Bonchev–Trinajstić information content (AvgIpc) is 2.46. The minimum Gasteiger partial charge on any atom is -0.507 e. The number of hydrogen-bond acceptors (Lipinski definition) is 4. The van der Waals surface area contributed by atoms with Gasteiger partial charge in [0.2, 0.25) is 0 Å². The van der Waals surface area contributed by atoms with E-state index >= 15 is 0 Å². The fourth-order valence-corrected chi connectivity index (χ4v) is 1.68. The van der Waals surface area contributed by atoms with Crippen LogP contribution in [0.3, 0.4) is 0 Å². The number of carboxylic acids is 1. The van der Waals surface area contributed by atoms with Crippen molar-refractivity contribution in [3.8, 4) is 17.2 Å². The maximum Gasteiger partial charge on any atom is 0.339 e. The van der Waals surface area contributed by atoms with Gasteiger partial charge in [0.25, 0.3) is 0 Å². The smallest absolute Gasteiger partial charge is 0.339 e. The summed E-state index contributed by atoms with van der Waals surface area (Å²) in [6, 6.07) is 11.4. The Morgan fingerprint density at radius 2 is 1.75 bits per heavy atom. The Balaban J connectivity index is 2.06. The Kier molecular flexibility index (Phi) is 4.10. The molecule has 2 rings (SSSR count). The average molecular weight is 274 g/mol. The molecule has 0 spiro atoms. The summed E-state index contributed by atoms with van der Waals surface area (Å²) >= 11 is 0. The van der Waals surface area contributed by atoms with Crippen LogP contribution in [0, 0.1) is 0 Å². The largest absolute Gasteiger partial charge is 0.507 e. The van der Waals surface area contributed by atoms with Gasteiger partial charge in [0, 0.05) is 0 Å². The molecule has 20 heavy (non-hydrogen) atoms. The zero-order chi connectivity index (χ0) is 14.5. The monoisotopic (exact) mass is 274 g/mol. The van der Waals surface area contributed by atoms with E-state index in [2.05, 4.69) is 0 Å². The molecule has 5 nitrogen and oxygen atoms in total. The lowest BCUT2D eigenvalue weighted by Gasteiger charge is -2.08. The highest BCUT2D eigenvalue weighted by Gasteiger charge is 2.10. The Labute approximate surface area is 116 Å². The van der Waals surface area contributed by atoms with E-state index in [1.54, 1.807) is 37.4 Å². The molecule has 0 unspecified atom stereocenters. The van der Waals surface area contributed by atoms with Crippen molar-refractivity contribution in [2.45, 2.75) is 6.61 Å². The van der Waals surface area contributed by atoms with E-state index in [0.717, 1.165) is 5.75 Å². The van der Waals surface area contributed by atoms with Gasteiger partial charge < -0.3 is 19.7 Å². The molecular formula is C15H14O5. The van der Waals surface area contributed by atoms with Gasteiger partial charge in [-0.15, -0.1) is 0 Å². The van der Waals surface area contributed by atoms with Gasteiger partial charge in [0.15, 0.2) is 0 Å². The topological polar surface area (TPSA) is 76.0 Å². The van der Waals surface area contributed by atoms with E-state index < -0.39 is 5.97 Å². The van der Waals surface area contributed by atoms with E-state index in [4.69, 9.17) is 14.6 Å². The van der Waals surface area contributed by atoms with Gasteiger partial charge >= 0.3 is 5.97 Å². The van der Waals surface area contributed by atoms with Crippen LogP contribution < -0.4 is 9.47 Å². The predicted molar refractivity (Wildman–Crippen MR) is 72.4 cm³/mol. The summed E-state index contributed by atoms with van der Waals surface area (Å²) < 4.78 is 10.6. The number of carboxylic acid groups (broad SMARTS) is 1. The van der Waals surface area contributed by atoms with E-state index in [1.807, 2.05) is 0 Å². The lowest BCUT2D eigenvalue weighted by Crippen LogP contribution is -2.01. The molecule has 0 aromatic heterocycles. The first-order valence-electron chi connectivity index (χ1n) is 5.92. The maximum atomic E-state index is 10.9. The van der Waals surface area contributed by atoms with Crippen LogP contribution in [0.2, 0.25) is 0 Å². The highest BCUT2D eigenvalue weighted by molar-refractivity contribution is 5.90. The summed E-state index contributed by atoms with van der Waals surface area (Å²) in [5, 5.41) is 18.3. The first-order chi connectivity index (χ1) is 9.60. The van der Waals surface area contributed by atoms with Crippen molar-refractivity contribution in [3.05, 3.63) is 53.6 Å². The molecule has 2 aromatic carbocycles. The minimum absolute atomic E-state index is 0.138. The fraction of sp³-hybridized carbons (Fsp3) is 0.133. The van der Waals surface area contributed by atoms with Gasteiger partial charge in [0.1, 0.15) is 29.4 Å². The van der Waals surface area contributed by atoms with Crippen LogP contribution >= 0.6 is 0 Å². The van der Waals surface area contributed by atoms with Crippen molar-refractivity contribution >= 4 is 5.97 Å². The molecule has 0 atom stereocenters. The maximum absolute atomic E-state index is 10.9. The summed E-state index contributed by atoms with van der Waals surface area (Å²) in [7, 11) is 1.58. The first kappa shape index (κ1) is 13.7. The number of carbonyl (C=O) groups is 1. The molecule has 0 saturated carbocycles. The molecule has 5 heteroatoms. The zero-order valence-corrected chi connectivity index (χ0v) is 10.9. The first-order valence-corrected chi connectivity index (χ1v) is 5.92. The molecule has 0 radical (unpaired) electrons. The number of aromatic hydroxyl groups is 1. The molecule has 2 aromatic rings. The van der Waals surface area contributed by atoms with Gasteiger partial charge in [0.05, 0.1) is 7.11 Å².